The largest absolute Gasteiger partial charge is 0.469 e. The van der Waals surface area contributed by atoms with Gasteiger partial charge in [-0.1, -0.05) is 29.7 Å². The van der Waals surface area contributed by atoms with Gasteiger partial charge in [0.2, 0.25) is 0 Å². The van der Waals surface area contributed by atoms with Crippen molar-refractivity contribution in [1.29, 1.82) is 0 Å². The summed E-state index contributed by atoms with van der Waals surface area (Å²) >= 11 is 0. The van der Waals surface area contributed by atoms with Crippen LogP contribution >= 0.6 is 0 Å². The van der Waals surface area contributed by atoms with Crippen LogP contribution in [0.1, 0.15) is 25.3 Å². The molecule has 1 unspecified atom stereocenters. The van der Waals surface area contributed by atoms with Crippen molar-refractivity contribution >= 4 is 16.1 Å². The third-order valence-corrected chi connectivity index (χ3v) is 4.55. The lowest BCUT2D eigenvalue weighted by Gasteiger charge is -2.22. The third kappa shape index (κ3) is 5.90. The molecule has 0 saturated heterocycles. The topological polar surface area (TPSA) is 118 Å². The molecule has 0 aromatic heterocycles. The summed E-state index contributed by atoms with van der Waals surface area (Å²) < 4.78 is 33.6. The molecule has 1 aromatic rings. The number of nitrogens with zero attached hydrogens (tertiary/aromatic N) is 3. The Labute approximate surface area is 135 Å². The summed E-state index contributed by atoms with van der Waals surface area (Å²) in [6.07, 6.45) is -0.112. The summed E-state index contributed by atoms with van der Waals surface area (Å²) in [4.78, 5) is 14.1. The molecule has 1 atom stereocenters. The molecule has 8 nitrogen and oxygen atoms in total. The van der Waals surface area contributed by atoms with Gasteiger partial charge in [0.1, 0.15) is 0 Å². The van der Waals surface area contributed by atoms with E-state index in [1.165, 1.54) is 26.2 Å². The predicted molar refractivity (Wildman–Crippen MR) is 83.1 cm³/mol. The molecule has 126 valence electrons. The Morgan fingerprint density at radius 3 is 2.48 bits per heavy atom. The number of methoxy groups -OCH3 is 1. The summed E-state index contributed by atoms with van der Waals surface area (Å²) in [5.41, 5.74) is 8.41. The Bertz CT molecular complexity index is 696. The summed E-state index contributed by atoms with van der Waals surface area (Å²) in [5.74, 6) is -0.554. The molecular weight excluding hydrogens is 322 g/mol. The van der Waals surface area contributed by atoms with E-state index in [2.05, 4.69) is 14.8 Å². The van der Waals surface area contributed by atoms with E-state index in [1.807, 2.05) is 6.92 Å². The van der Waals surface area contributed by atoms with Gasteiger partial charge in [-0.2, -0.15) is 8.42 Å². The zero-order valence-corrected chi connectivity index (χ0v) is 14.0. The molecule has 0 bridgehead atoms. The molecule has 0 aliphatic carbocycles. The number of ether oxygens (including phenoxy) is 1. The number of carbonyl (C=O) groups excluding carboxylic acids is 1. The highest BCUT2D eigenvalue weighted by Crippen LogP contribution is 2.23. The van der Waals surface area contributed by atoms with Crippen molar-refractivity contribution in [3.05, 3.63) is 40.3 Å². The van der Waals surface area contributed by atoms with Crippen LogP contribution in [0.4, 0.5) is 0 Å². The summed E-state index contributed by atoms with van der Waals surface area (Å²) in [7, 11) is -2.68. The molecule has 9 heteroatoms. The van der Waals surface area contributed by atoms with Gasteiger partial charge < -0.3 is 4.74 Å². The quantitative estimate of drug-likeness (QED) is 0.237. The Balaban J connectivity index is 2.73. The maximum Gasteiger partial charge on any atom is 0.306 e. The average molecular weight is 341 g/mol. The maximum absolute atomic E-state index is 12.0. The van der Waals surface area contributed by atoms with Gasteiger partial charge in [0, 0.05) is 4.91 Å². The van der Waals surface area contributed by atoms with Crippen molar-refractivity contribution in [3.63, 3.8) is 0 Å². The molecule has 0 N–H and O–H groups in total. The fourth-order valence-electron chi connectivity index (χ4n) is 1.81. The number of aryl methyl sites for hydroxylation is 1. The van der Waals surface area contributed by atoms with Crippen LogP contribution < -0.4 is 0 Å². The average Bonchev–Trinajstić information content (AvgIpc) is 2.47. The molecular formula is C14H19N3O5S. The van der Waals surface area contributed by atoms with Gasteiger partial charge in [0.15, 0.2) is 0 Å². The first-order valence-electron chi connectivity index (χ1n) is 6.81. The van der Waals surface area contributed by atoms with E-state index in [4.69, 9.17) is 9.71 Å². The van der Waals surface area contributed by atoms with Crippen LogP contribution in [0.2, 0.25) is 0 Å². The molecule has 0 radical (unpaired) electrons. The molecule has 0 saturated carbocycles. The van der Waals surface area contributed by atoms with Crippen LogP contribution in [0.25, 0.3) is 10.4 Å². The second-order valence-corrected chi connectivity index (χ2v) is 6.89. The minimum Gasteiger partial charge on any atom is -0.469 e. The summed E-state index contributed by atoms with van der Waals surface area (Å²) in [6, 6.07) is 6.23. The fraction of sp³-hybridized carbons (Fsp3) is 0.500. The smallest absolute Gasteiger partial charge is 0.306 e. The monoisotopic (exact) mass is 341 g/mol. The van der Waals surface area contributed by atoms with Crippen molar-refractivity contribution in [2.75, 3.05) is 13.7 Å². The third-order valence-electron chi connectivity index (χ3n) is 3.23. The van der Waals surface area contributed by atoms with Crippen LogP contribution in [0, 0.1) is 6.92 Å². The van der Waals surface area contributed by atoms with Crippen LogP contribution in [-0.4, -0.2) is 33.6 Å². The number of benzene rings is 1. The predicted octanol–water partition coefficient (Wildman–Crippen LogP) is 2.72. The fourth-order valence-corrected chi connectivity index (χ4v) is 2.72. The van der Waals surface area contributed by atoms with Crippen LogP contribution in [0.5, 0.6) is 0 Å². The van der Waals surface area contributed by atoms with E-state index in [-0.39, 0.29) is 24.3 Å². The van der Waals surface area contributed by atoms with Crippen molar-refractivity contribution in [2.24, 2.45) is 5.11 Å². The van der Waals surface area contributed by atoms with Crippen LogP contribution in [-0.2, 0) is 23.8 Å². The Kier molecular flexibility index (Phi) is 6.56. The Hall–Kier alpha value is -2.09. The first-order chi connectivity index (χ1) is 10.7. The SMILES string of the molecule is COC(=O)CC(C)(CCOS(=O)(=O)c1ccc(C)cc1)N=[N+]=[N-]. The van der Waals surface area contributed by atoms with E-state index in [9.17, 15) is 13.2 Å². The summed E-state index contributed by atoms with van der Waals surface area (Å²) in [5, 5.41) is 3.55. The van der Waals surface area contributed by atoms with Gasteiger partial charge in [-0.15, -0.1) is 0 Å². The number of carbonyl (C=O) groups is 1. The number of hydrogen-bond donors (Lipinski definition) is 0. The van der Waals surface area contributed by atoms with Crippen molar-refractivity contribution in [3.8, 4) is 0 Å². The van der Waals surface area contributed by atoms with E-state index < -0.39 is 21.6 Å². The minimum atomic E-state index is -3.90. The molecule has 1 aromatic carbocycles. The maximum atomic E-state index is 12.0. The van der Waals surface area contributed by atoms with Crippen LogP contribution in [0.15, 0.2) is 34.3 Å². The molecule has 23 heavy (non-hydrogen) atoms. The normalized spacial score (nSPS) is 13.7. The lowest BCUT2D eigenvalue weighted by atomic mass is 9.95. The molecule has 0 amide bonds. The number of azide groups is 1. The van der Waals surface area contributed by atoms with E-state index >= 15 is 0 Å². The molecule has 1 rings (SSSR count). The van der Waals surface area contributed by atoms with Crippen molar-refractivity contribution < 1.29 is 22.1 Å². The minimum absolute atomic E-state index is 0.0431. The molecule has 0 aliphatic rings. The number of hydrogen-bond acceptors (Lipinski definition) is 6. The van der Waals surface area contributed by atoms with E-state index in [1.54, 1.807) is 12.1 Å². The Morgan fingerprint density at radius 2 is 1.96 bits per heavy atom. The highest BCUT2D eigenvalue weighted by Gasteiger charge is 2.28. The lowest BCUT2D eigenvalue weighted by Crippen LogP contribution is -2.28. The zero-order valence-electron chi connectivity index (χ0n) is 13.2. The van der Waals surface area contributed by atoms with Gasteiger partial charge in [-0.25, -0.2) is 0 Å². The first-order valence-corrected chi connectivity index (χ1v) is 8.22. The molecule has 0 fully saturated rings. The second-order valence-electron chi connectivity index (χ2n) is 5.28. The van der Waals surface area contributed by atoms with Gasteiger partial charge >= 0.3 is 5.97 Å². The lowest BCUT2D eigenvalue weighted by molar-refractivity contribution is -0.141. The van der Waals surface area contributed by atoms with Crippen molar-refractivity contribution in [1.82, 2.24) is 0 Å². The summed E-state index contributed by atoms with van der Waals surface area (Å²) in [6.45, 7) is 3.16. The first kappa shape index (κ1) is 19.0. The van der Waals surface area contributed by atoms with Gasteiger partial charge in [0.05, 0.1) is 30.6 Å². The van der Waals surface area contributed by atoms with Crippen LogP contribution in [0.3, 0.4) is 0 Å². The Morgan fingerprint density at radius 1 is 1.35 bits per heavy atom. The molecule has 0 heterocycles. The highest BCUT2D eigenvalue weighted by atomic mass is 32.2. The molecule has 0 spiro atoms. The number of esters is 1. The highest BCUT2D eigenvalue weighted by molar-refractivity contribution is 7.86. The standard InChI is InChI=1S/C14H19N3O5S/c1-11-4-6-12(7-5-11)23(19,20)22-9-8-14(2,16-17-15)10-13(18)21-3/h4-7H,8-10H2,1-3H3. The zero-order chi connectivity index (χ0) is 17.5. The van der Waals surface area contributed by atoms with Gasteiger partial charge in [-0.3, -0.25) is 8.98 Å². The second kappa shape index (κ2) is 7.96. The van der Waals surface area contributed by atoms with E-state index in [0.29, 0.717) is 0 Å². The van der Waals surface area contributed by atoms with E-state index in [0.717, 1.165) is 5.56 Å². The number of rotatable bonds is 8. The van der Waals surface area contributed by atoms with Gasteiger partial charge in [-0.05, 0) is 31.0 Å². The molecule has 0 aliphatic heterocycles. The van der Waals surface area contributed by atoms with Crippen molar-refractivity contribution in [2.45, 2.75) is 37.1 Å². The van der Waals surface area contributed by atoms with Gasteiger partial charge in [0.25, 0.3) is 10.1 Å².